The normalized spacial score (nSPS) is 13.3. The summed E-state index contributed by atoms with van der Waals surface area (Å²) >= 11 is 0. The average Bonchev–Trinajstić information content (AvgIpc) is 3.43. The van der Waals surface area contributed by atoms with Crippen molar-refractivity contribution in [2.75, 3.05) is 23.7 Å². The minimum atomic E-state index is -1.01. The number of carbonyl (C=O) groups is 7. The molecule has 0 fully saturated rings. The number of urea groups is 1. The van der Waals surface area contributed by atoms with E-state index in [9.17, 15) is 33.6 Å². The first-order valence-corrected chi connectivity index (χ1v) is 17.4. The molecule has 0 aliphatic carbocycles. The highest BCUT2D eigenvalue weighted by Gasteiger charge is 2.29. The minimum Gasteiger partial charge on any atom is -0.444 e. The number of hydrogen-bond donors (Lipinski definition) is 6. The van der Waals surface area contributed by atoms with Crippen LogP contribution < -0.4 is 32.3 Å². The predicted octanol–water partition coefficient (Wildman–Crippen LogP) is 3.50. The maximum atomic E-state index is 13.4. The number of imide groups is 1. The van der Waals surface area contributed by atoms with Crippen molar-refractivity contribution in [2.45, 2.75) is 84.4 Å². The Morgan fingerprint density at radius 1 is 0.808 bits per heavy atom. The molecule has 2 atom stereocenters. The summed E-state index contributed by atoms with van der Waals surface area (Å²) in [7, 11) is 0. The lowest BCUT2D eigenvalue weighted by Crippen LogP contribution is -2.54. The molecule has 2 aromatic rings. The van der Waals surface area contributed by atoms with Crippen molar-refractivity contribution in [1.29, 1.82) is 0 Å². The lowest BCUT2D eigenvalue weighted by molar-refractivity contribution is -0.137. The summed E-state index contributed by atoms with van der Waals surface area (Å²) in [5.41, 5.74) is 7.99. The predicted molar refractivity (Wildman–Crippen MR) is 195 cm³/mol. The number of hydrogen-bond acceptors (Lipinski definition) is 8. The van der Waals surface area contributed by atoms with Crippen LogP contribution in [0.25, 0.3) is 0 Å². The van der Waals surface area contributed by atoms with Crippen LogP contribution in [-0.4, -0.2) is 71.7 Å². The highest BCUT2D eigenvalue weighted by atomic mass is 16.5. The zero-order valence-electron chi connectivity index (χ0n) is 29.9. The van der Waals surface area contributed by atoms with E-state index in [1.807, 2.05) is 25.1 Å². The molecule has 0 saturated carbocycles. The summed E-state index contributed by atoms with van der Waals surface area (Å²) in [4.78, 5) is 87.5. The van der Waals surface area contributed by atoms with Crippen molar-refractivity contribution in [3.8, 4) is 0 Å². The standard InChI is InChI=1S/C37H49N7O8/c1-4-25-10-8-11-28(22-25)41-37(51)52-23-26-14-16-27(17-15-26)40-34(48)29(12-9-20-39-36(38)50)42-35(49)33(24(2)3)43-30(45)13-6-5-7-21-44-31(46)18-19-32(44)47/h8,10-11,14-19,22,24,29,33H,4-7,9,12-13,20-21,23H2,1-3H3,(H,40,48)(H,41,51)(H,42,49)(H,43,45)(H3,38,39,50)/t29-,33-/m0/s1. The molecule has 0 bridgehead atoms. The van der Waals surface area contributed by atoms with Crippen molar-refractivity contribution < 1.29 is 38.3 Å². The lowest BCUT2D eigenvalue weighted by atomic mass is 10.0. The van der Waals surface area contributed by atoms with Crippen molar-refractivity contribution in [3.05, 3.63) is 71.8 Å². The average molecular weight is 720 g/mol. The number of primary amides is 1. The molecule has 0 spiro atoms. The number of ether oxygens (including phenoxy) is 1. The van der Waals surface area contributed by atoms with Crippen LogP contribution in [0.2, 0.25) is 0 Å². The van der Waals surface area contributed by atoms with Crippen molar-refractivity contribution in [1.82, 2.24) is 20.9 Å². The van der Waals surface area contributed by atoms with E-state index >= 15 is 0 Å². The number of carbonyl (C=O) groups excluding carboxylic acids is 7. The third-order valence-corrected chi connectivity index (χ3v) is 8.23. The Morgan fingerprint density at radius 3 is 2.17 bits per heavy atom. The number of unbranched alkanes of at least 4 members (excludes halogenated alkanes) is 2. The number of nitrogens with one attached hydrogen (secondary N) is 5. The van der Waals surface area contributed by atoms with Gasteiger partial charge in [0.05, 0.1) is 0 Å². The van der Waals surface area contributed by atoms with Gasteiger partial charge in [0, 0.05) is 43.0 Å². The number of nitrogens with zero attached hydrogens (tertiary/aromatic N) is 1. The Bertz CT molecular complexity index is 1590. The summed E-state index contributed by atoms with van der Waals surface area (Å²) in [5.74, 6) is -2.40. The van der Waals surface area contributed by atoms with Crippen LogP contribution in [0, 0.1) is 5.92 Å². The van der Waals surface area contributed by atoms with E-state index in [0.717, 1.165) is 16.9 Å². The Labute approximate surface area is 303 Å². The summed E-state index contributed by atoms with van der Waals surface area (Å²) in [5, 5.41) is 13.5. The molecule has 8 amide bonds. The topological polar surface area (TPSA) is 218 Å². The molecule has 1 aliphatic heterocycles. The van der Waals surface area contributed by atoms with Gasteiger partial charge in [-0.2, -0.15) is 0 Å². The highest BCUT2D eigenvalue weighted by molar-refractivity contribution is 6.12. The lowest BCUT2D eigenvalue weighted by Gasteiger charge is -2.25. The fraction of sp³-hybridized carbons (Fsp3) is 0.432. The molecule has 0 radical (unpaired) electrons. The quantitative estimate of drug-likeness (QED) is 0.0877. The van der Waals surface area contributed by atoms with Crippen LogP contribution in [0.15, 0.2) is 60.7 Å². The summed E-state index contributed by atoms with van der Waals surface area (Å²) in [6.07, 6.45) is 4.95. The Balaban J connectivity index is 1.52. The SMILES string of the molecule is CCc1cccc(NC(=O)OCc2ccc(NC(=O)[C@H](CCCNC(N)=O)NC(=O)[C@@H](NC(=O)CCCCCN3C(=O)C=CC3=O)C(C)C)cc2)c1. The van der Waals surface area contributed by atoms with E-state index in [0.29, 0.717) is 42.6 Å². The smallest absolute Gasteiger partial charge is 0.411 e. The zero-order valence-corrected chi connectivity index (χ0v) is 29.9. The number of amides is 8. The maximum absolute atomic E-state index is 13.4. The molecule has 1 aliphatic rings. The molecule has 3 rings (SSSR count). The molecule has 15 heteroatoms. The van der Waals surface area contributed by atoms with Crippen molar-refractivity contribution in [2.24, 2.45) is 11.7 Å². The monoisotopic (exact) mass is 719 g/mol. The molecule has 0 saturated heterocycles. The molecule has 52 heavy (non-hydrogen) atoms. The first-order chi connectivity index (χ1) is 24.9. The summed E-state index contributed by atoms with van der Waals surface area (Å²) < 4.78 is 5.33. The van der Waals surface area contributed by atoms with Gasteiger partial charge in [0.1, 0.15) is 18.7 Å². The minimum absolute atomic E-state index is 0.000278. The second-order valence-corrected chi connectivity index (χ2v) is 12.7. The van der Waals surface area contributed by atoms with Gasteiger partial charge < -0.3 is 31.7 Å². The molecule has 280 valence electrons. The first-order valence-electron chi connectivity index (χ1n) is 17.4. The third kappa shape index (κ3) is 13.9. The van der Waals surface area contributed by atoms with Gasteiger partial charge in [-0.05, 0) is 73.4 Å². The van der Waals surface area contributed by atoms with Gasteiger partial charge in [0.15, 0.2) is 0 Å². The van der Waals surface area contributed by atoms with E-state index in [1.54, 1.807) is 44.2 Å². The van der Waals surface area contributed by atoms with Gasteiger partial charge in [-0.15, -0.1) is 0 Å². The largest absolute Gasteiger partial charge is 0.444 e. The Hall–Kier alpha value is -5.73. The molecule has 15 nitrogen and oxygen atoms in total. The molecule has 7 N–H and O–H groups in total. The van der Waals surface area contributed by atoms with Gasteiger partial charge >= 0.3 is 12.1 Å². The van der Waals surface area contributed by atoms with Gasteiger partial charge in [-0.1, -0.05) is 51.5 Å². The van der Waals surface area contributed by atoms with Crippen LogP contribution in [-0.2, 0) is 41.7 Å². The Morgan fingerprint density at radius 2 is 1.52 bits per heavy atom. The summed E-state index contributed by atoms with van der Waals surface area (Å²) in [6.45, 7) is 6.02. The van der Waals surface area contributed by atoms with E-state index < -0.39 is 36.0 Å². The first kappa shape index (κ1) is 40.7. The fourth-order valence-electron chi connectivity index (χ4n) is 5.30. The fourth-order valence-corrected chi connectivity index (χ4v) is 5.30. The van der Waals surface area contributed by atoms with Crippen LogP contribution in [0.1, 0.15) is 70.4 Å². The molecule has 0 unspecified atom stereocenters. The number of aryl methyl sites for hydroxylation is 1. The second-order valence-electron chi connectivity index (χ2n) is 12.7. The molecule has 1 heterocycles. The van der Waals surface area contributed by atoms with Gasteiger partial charge in [0.2, 0.25) is 17.7 Å². The van der Waals surface area contributed by atoms with Crippen LogP contribution in [0.5, 0.6) is 0 Å². The third-order valence-electron chi connectivity index (χ3n) is 8.23. The molecule has 2 aromatic carbocycles. The number of rotatable bonds is 20. The highest BCUT2D eigenvalue weighted by Crippen LogP contribution is 2.15. The van der Waals surface area contributed by atoms with Crippen LogP contribution >= 0.6 is 0 Å². The van der Waals surface area contributed by atoms with E-state index in [2.05, 4.69) is 26.6 Å². The second kappa shape index (κ2) is 20.8. The Kier molecular flexibility index (Phi) is 16.3. The van der Waals surface area contributed by atoms with Crippen LogP contribution in [0.4, 0.5) is 21.0 Å². The molecular weight excluding hydrogens is 670 g/mol. The van der Waals surface area contributed by atoms with Gasteiger partial charge in [-0.3, -0.25) is 34.2 Å². The van der Waals surface area contributed by atoms with Crippen LogP contribution in [0.3, 0.4) is 0 Å². The molecule has 0 aromatic heterocycles. The number of nitrogens with two attached hydrogens (primary N) is 1. The van der Waals surface area contributed by atoms with E-state index in [-0.39, 0.29) is 56.2 Å². The van der Waals surface area contributed by atoms with Crippen molar-refractivity contribution in [3.63, 3.8) is 0 Å². The summed E-state index contributed by atoms with van der Waals surface area (Å²) in [6, 6.07) is 11.5. The number of anilines is 2. The zero-order chi connectivity index (χ0) is 38.0. The van der Waals surface area contributed by atoms with E-state index in [4.69, 9.17) is 10.5 Å². The number of benzene rings is 2. The molecular formula is C37H49N7O8. The maximum Gasteiger partial charge on any atom is 0.411 e. The van der Waals surface area contributed by atoms with Gasteiger partial charge in [-0.25, -0.2) is 9.59 Å². The van der Waals surface area contributed by atoms with E-state index in [1.165, 1.54) is 12.2 Å². The van der Waals surface area contributed by atoms with Gasteiger partial charge in [0.25, 0.3) is 11.8 Å². The van der Waals surface area contributed by atoms with Crippen molar-refractivity contribution >= 4 is 53.0 Å².